The Balaban J connectivity index is 1.24. The number of hydrogen-bond donors (Lipinski definition) is 3. The summed E-state index contributed by atoms with van der Waals surface area (Å²) in [5.41, 5.74) is 2.37. The zero-order valence-electron chi connectivity index (χ0n) is 30.6. The van der Waals surface area contributed by atoms with Crippen LogP contribution >= 0.6 is 0 Å². The smallest absolute Gasteiger partial charge is 0.410 e. The number of nitrogens with zero attached hydrogens (tertiary/aromatic N) is 2. The molecular weight excluding hydrogens is 685 g/mol. The van der Waals surface area contributed by atoms with Gasteiger partial charge in [-0.3, -0.25) is 19.3 Å². The summed E-state index contributed by atoms with van der Waals surface area (Å²) in [4.78, 5) is 77.0. The number of benzene rings is 2. The van der Waals surface area contributed by atoms with E-state index in [2.05, 4.69) is 16.1 Å². The van der Waals surface area contributed by atoms with Crippen molar-refractivity contribution >= 4 is 29.9 Å². The fourth-order valence-electron chi connectivity index (χ4n) is 7.22. The highest BCUT2D eigenvalue weighted by Gasteiger charge is 2.61. The van der Waals surface area contributed by atoms with Crippen molar-refractivity contribution in [2.24, 2.45) is 5.92 Å². The van der Waals surface area contributed by atoms with Crippen molar-refractivity contribution in [2.45, 2.75) is 115 Å². The Morgan fingerprint density at radius 1 is 1.04 bits per heavy atom. The van der Waals surface area contributed by atoms with Crippen molar-refractivity contribution in [3.63, 3.8) is 0 Å². The summed E-state index contributed by atoms with van der Waals surface area (Å²) in [6, 6.07) is 9.65. The lowest BCUT2D eigenvalue weighted by molar-refractivity contribution is -0.142. The Labute approximate surface area is 308 Å². The number of nitrogens with one attached hydrogen (secondary N) is 3. The minimum absolute atomic E-state index is 0.0269. The molecule has 3 heterocycles. The lowest BCUT2D eigenvalue weighted by atomic mass is 10.0. The van der Waals surface area contributed by atoms with Gasteiger partial charge in [0, 0.05) is 24.4 Å². The van der Waals surface area contributed by atoms with Crippen LogP contribution in [0.1, 0.15) is 82.4 Å². The van der Waals surface area contributed by atoms with Crippen molar-refractivity contribution in [3.05, 3.63) is 77.1 Å². The highest BCUT2D eigenvalue weighted by molar-refractivity contribution is 5.98. The minimum Gasteiger partial charge on any atom is -0.444 e. The Morgan fingerprint density at radius 3 is 2.58 bits per heavy atom. The fraction of sp³-hybridized carbons (Fsp3) is 0.513. The Hall–Kier alpha value is -5.14. The topological polar surface area (TPSA) is 156 Å². The van der Waals surface area contributed by atoms with Crippen LogP contribution in [0.3, 0.4) is 0 Å². The highest BCUT2D eigenvalue weighted by atomic mass is 19.1. The van der Waals surface area contributed by atoms with Gasteiger partial charge in [0.1, 0.15) is 35.1 Å². The van der Waals surface area contributed by atoms with Gasteiger partial charge in [-0.25, -0.2) is 14.0 Å². The van der Waals surface area contributed by atoms with Crippen molar-refractivity contribution in [1.29, 1.82) is 0 Å². The Bertz CT molecular complexity index is 1780. The first-order valence-corrected chi connectivity index (χ1v) is 18.3. The molecular formula is C39H48FN5O8. The third-order valence-corrected chi connectivity index (χ3v) is 10.0. The van der Waals surface area contributed by atoms with Crippen LogP contribution in [0, 0.1) is 18.7 Å². The van der Waals surface area contributed by atoms with E-state index in [4.69, 9.17) is 14.3 Å². The molecule has 1 saturated heterocycles. The van der Waals surface area contributed by atoms with Crippen molar-refractivity contribution in [2.75, 3.05) is 6.54 Å². The third-order valence-electron chi connectivity index (χ3n) is 10.0. The summed E-state index contributed by atoms with van der Waals surface area (Å²) >= 11 is 0. The second-order valence-corrected chi connectivity index (χ2v) is 15.4. The molecule has 0 spiro atoms. The quantitative estimate of drug-likeness (QED) is 0.288. The number of rotatable bonds is 5. The number of hydrogen-bond acceptors (Lipinski definition) is 8. The summed E-state index contributed by atoms with van der Waals surface area (Å²) < 4.78 is 25.8. The van der Waals surface area contributed by atoms with E-state index in [1.165, 1.54) is 15.9 Å². The van der Waals surface area contributed by atoms with E-state index >= 15 is 0 Å². The summed E-state index contributed by atoms with van der Waals surface area (Å²) in [5, 5.41) is 5.64. The lowest BCUT2D eigenvalue weighted by Gasteiger charge is -2.30. The first kappa shape index (κ1) is 37.6. The average Bonchev–Trinajstić information content (AvgIpc) is 3.39. The van der Waals surface area contributed by atoms with Gasteiger partial charge in [-0.1, -0.05) is 49.3 Å². The zero-order valence-corrected chi connectivity index (χ0v) is 30.6. The number of carbonyl (C=O) groups is 5. The van der Waals surface area contributed by atoms with Gasteiger partial charge in [0.2, 0.25) is 11.8 Å². The van der Waals surface area contributed by atoms with Crippen LogP contribution in [0.2, 0.25) is 0 Å². The second kappa shape index (κ2) is 15.5. The van der Waals surface area contributed by atoms with Crippen LogP contribution in [0.15, 0.2) is 54.6 Å². The molecule has 284 valence electrons. The molecule has 5 amide bonds. The van der Waals surface area contributed by atoms with Crippen LogP contribution in [-0.4, -0.2) is 75.6 Å². The molecule has 53 heavy (non-hydrogen) atoms. The predicted octanol–water partition coefficient (Wildman–Crippen LogP) is 4.95. The minimum atomic E-state index is -1.35. The van der Waals surface area contributed by atoms with Gasteiger partial charge < -0.3 is 29.8 Å². The number of halogens is 1. The molecule has 0 unspecified atom stereocenters. The van der Waals surface area contributed by atoms with Crippen LogP contribution in [-0.2, 0) is 36.9 Å². The number of fused-ring (bicyclic) bond motifs is 3. The molecule has 1 saturated carbocycles. The zero-order chi connectivity index (χ0) is 37.9. The van der Waals surface area contributed by atoms with E-state index in [-0.39, 0.29) is 32.0 Å². The highest BCUT2D eigenvalue weighted by Crippen LogP contribution is 2.45. The van der Waals surface area contributed by atoms with Crippen LogP contribution in [0.4, 0.5) is 14.0 Å². The number of aryl methyl sites for hydroxylation is 1. The summed E-state index contributed by atoms with van der Waals surface area (Å²) in [5.74, 6) is -2.00. The van der Waals surface area contributed by atoms with E-state index in [0.29, 0.717) is 36.1 Å². The molecule has 3 aliphatic heterocycles. The van der Waals surface area contributed by atoms with Gasteiger partial charge in [0.15, 0.2) is 5.75 Å². The number of alkyl carbamates (subject to hydrolysis) is 1. The Kier molecular flexibility index (Phi) is 11.0. The molecule has 5 atom stereocenters. The van der Waals surface area contributed by atoms with E-state index in [1.54, 1.807) is 51.1 Å². The summed E-state index contributed by atoms with van der Waals surface area (Å²) in [6.45, 7) is 7.09. The number of ether oxygens (including phenoxy) is 2. The fourth-order valence-corrected chi connectivity index (χ4v) is 7.22. The maximum Gasteiger partial charge on any atom is 0.410 e. The number of allylic oxidation sites excluding steroid dienone is 1. The molecule has 0 bridgehead atoms. The van der Waals surface area contributed by atoms with Crippen LogP contribution in [0.25, 0.3) is 0 Å². The maximum atomic E-state index is 14.4. The van der Waals surface area contributed by atoms with E-state index in [1.807, 2.05) is 25.1 Å². The third kappa shape index (κ3) is 8.91. The van der Waals surface area contributed by atoms with Gasteiger partial charge in [0.25, 0.3) is 5.91 Å². The largest absolute Gasteiger partial charge is 0.444 e. The van der Waals surface area contributed by atoms with Gasteiger partial charge in [-0.05, 0) is 82.7 Å². The lowest BCUT2D eigenvalue weighted by Crippen LogP contribution is -2.58. The first-order valence-electron chi connectivity index (χ1n) is 18.3. The molecule has 14 heteroatoms. The van der Waals surface area contributed by atoms with Gasteiger partial charge >= 0.3 is 12.2 Å². The number of carbonyl (C=O) groups excluding carboxylic acids is 5. The standard InChI is InChI=1S/C39H48FN5O8/c1-24-12-10-15-27(18-24)53-43-35(48)39-20-26(39)14-8-6-5-7-9-17-31(41-36(49)52-38(2,3)4)34(47)45-22-28(19-32(45)33(46)42-39)51-37(50)44-21-25-13-11-16-30(40)29(25)23-44/h8,10-16,18,26,28,31-32H,5-7,9,17,19-23H2,1-4H3,(H,41,49)(H,42,46)(H,43,48)/b14-8-/t26-,28-,31+,32+,39-/m1/s1. The van der Waals surface area contributed by atoms with Crippen molar-refractivity contribution in [1.82, 2.24) is 25.9 Å². The molecule has 2 fully saturated rings. The summed E-state index contributed by atoms with van der Waals surface area (Å²) in [7, 11) is 0. The molecule has 13 nitrogen and oxygen atoms in total. The van der Waals surface area contributed by atoms with E-state index in [9.17, 15) is 28.4 Å². The SMILES string of the molecule is Cc1cccc(ONC(=O)[C@@]23C[C@H]2/C=C\CCCCC[C@H](NC(=O)OC(C)(C)C)C(=O)N2C[C@H](OC(=O)N4Cc5cccc(F)c5C4)C[C@H]2C(=O)N3)c1. The van der Waals surface area contributed by atoms with Gasteiger partial charge in [0.05, 0.1) is 13.1 Å². The summed E-state index contributed by atoms with van der Waals surface area (Å²) in [6.07, 6.45) is 5.01. The molecule has 0 radical (unpaired) electrons. The average molecular weight is 734 g/mol. The maximum absolute atomic E-state index is 14.4. The van der Waals surface area contributed by atoms with Gasteiger partial charge in [-0.2, -0.15) is 5.48 Å². The molecule has 1 aliphatic carbocycles. The van der Waals surface area contributed by atoms with Crippen LogP contribution in [0.5, 0.6) is 5.75 Å². The first-order chi connectivity index (χ1) is 25.2. The molecule has 4 aliphatic rings. The molecule has 6 rings (SSSR count). The predicted molar refractivity (Wildman–Crippen MR) is 190 cm³/mol. The van der Waals surface area contributed by atoms with Crippen LogP contribution < -0.4 is 21.0 Å². The molecule has 2 aromatic carbocycles. The van der Waals surface area contributed by atoms with E-state index < -0.39 is 65.1 Å². The van der Waals surface area contributed by atoms with E-state index in [0.717, 1.165) is 24.8 Å². The molecule has 0 aromatic heterocycles. The molecule has 2 aromatic rings. The number of amides is 5. The van der Waals surface area contributed by atoms with Crippen molar-refractivity contribution < 1.29 is 42.7 Å². The number of hydroxylamine groups is 1. The van der Waals surface area contributed by atoms with Crippen molar-refractivity contribution in [3.8, 4) is 5.75 Å². The Morgan fingerprint density at radius 2 is 1.83 bits per heavy atom. The normalized spacial score (nSPS) is 26.4. The van der Waals surface area contributed by atoms with Gasteiger partial charge in [-0.15, -0.1) is 0 Å². The second-order valence-electron chi connectivity index (χ2n) is 15.4. The molecule has 3 N–H and O–H groups in total. The monoisotopic (exact) mass is 733 g/mol.